The summed E-state index contributed by atoms with van der Waals surface area (Å²) in [5, 5.41) is 17.9. The third kappa shape index (κ3) is 3.86. The van der Waals surface area contributed by atoms with Crippen LogP contribution >= 0.6 is 11.6 Å². The zero-order valence-corrected chi connectivity index (χ0v) is 14.0. The number of halogens is 2. The van der Waals surface area contributed by atoms with Crippen molar-refractivity contribution >= 4 is 28.9 Å². The molecular formula is C17H12ClFN4O3. The fourth-order valence-electron chi connectivity index (χ4n) is 2.36. The number of aromatic nitrogens is 2. The Balaban J connectivity index is 1.74. The van der Waals surface area contributed by atoms with Crippen molar-refractivity contribution in [3.05, 3.63) is 86.9 Å². The number of nitro groups is 1. The minimum Gasteiger partial charge on any atom is -0.319 e. The number of amides is 1. The Bertz CT molecular complexity index is 990. The van der Waals surface area contributed by atoms with E-state index in [1.165, 1.54) is 41.2 Å². The highest BCUT2D eigenvalue weighted by molar-refractivity contribution is 6.31. The van der Waals surface area contributed by atoms with Gasteiger partial charge < -0.3 is 5.32 Å². The smallest absolute Gasteiger partial charge is 0.282 e. The number of rotatable bonds is 5. The van der Waals surface area contributed by atoms with Gasteiger partial charge in [0.25, 0.3) is 11.6 Å². The molecule has 1 heterocycles. The average molecular weight is 375 g/mol. The van der Waals surface area contributed by atoms with Crippen molar-refractivity contribution in [2.75, 3.05) is 5.32 Å². The van der Waals surface area contributed by atoms with E-state index in [2.05, 4.69) is 10.4 Å². The monoisotopic (exact) mass is 374 g/mol. The van der Waals surface area contributed by atoms with E-state index >= 15 is 0 Å². The molecule has 7 nitrogen and oxygen atoms in total. The van der Waals surface area contributed by atoms with Crippen LogP contribution < -0.4 is 5.32 Å². The second kappa shape index (κ2) is 7.32. The van der Waals surface area contributed by atoms with Crippen molar-refractivity contribution in [2.24, 2.45) is 0 Å². The van der Waals surface area contributed by atoms with Crippen molar-refractivity contribution in [3.8, 4) is 0 Å². The summed E-state index contributed by atoms with van der Waals surface area (Å²) in [6.07, 6.45) is 2.95. The Labute approximate surface area is 152 Å². The van der Waals surface area contributed by atoms with E-state index in [0.29, 0.717) is 11.3 Å². The van der Waals surface area contributed by atoms with Gasteiger partial charge in [-0.15, -0.1) is 0 Å². The molecule has 2 aromatic carbocycles. The molecule has 1 N–H and O–H groups in total. The van der Waals surface area contributed by atoms with Gasteiger partial charge in [0.15, 0.2) is 0 Å². The molecule has 0 fully saturated rings. The number of carbonyl (C=O) groups is 1. The highest BCUT2D eigenvalue weighted by Crippen LogP contribution is 2.21. The molecule has 0 unspecified atom stereocenters. The maximum absolute atomic E-state index is 13.1. The Kier molecular flexibility index (Phi) is 4.94. The fourth-order valence-corrected chi connectivity index (χ4v) is 2.59. The van der Waals surface area contributed by atoms with Crippen LogP contribution in [0, 0.1) is 15.9 Å². The van der Waals surface area contributed by atoms with Gasteiger partial charge in [0.1, 0.15) is 11.4 Å². The summed E-state index contributed by atoms with van der Waals surface area (Å²) in [5.74, 6) is -1.05. The number of nitro benzene ring substituents is 1. The van der Waals surface area contributed by atoms with Gasteiger partial charge in [-0.1, -0.05) is 29.8 Å². The minimum absolute atomic E-state index is 0.0492. The summed E-state index contributed by atoms with van der Waals surface area (Å²) in [4.78, 5) is 22.7. The second-order valence-electron chi connectivity index (χ2n) is 5.39. The molecule has 0 radical (unpaired) electrons. The van der Waals surface area contributed by atoms with Crippen LogP contribution in [0.3, 0.4) is 0 Å². The molecular weight excluding hydrogens is 363 g/mol. The number of nitrogens with zero attached hydrogens (tertiary/aromatic N) is 3. The summed E-state index contributed by atoms with van der Waals surface area (Å²) in [7, 11) is 0. The third-order valence-electron chi connectivity index (χ3n) is 3.58. The zero-order valence-electron chi connectivity index (χ0n) is 13.2. The van der Waals surface area contributed by atoms with Crippen LogP contribution in [0.5, 0.6) is 0 Å². The van der Waals surface area contributed by atoms with Crippen LogP contribution in [0.1, 0.15) is 15.9 Å². The average Bonchev–Trinajstić information content (AvgIpc) is 3.04. The third-order valence-corrected chi connectivity index (χ3v) is 3.94. The first-order chi connectivity index (χ1) is 12.4. The van der Waals surface area contributed by atoms with Gasteiger partial charge >= 0.3 is 0 Å². The van der Waals surface area contributed by atoms with Gasteiger partial charge in [-0.3, -0.25) is 19.6 Å². The van der Waals surface area contributed by atoms with E-state index in [1.807, 2.05) is 0 Å². The van der Waals surface area contributed by atoms with E-state index in [1.54, 1.807) is 18.3 Å². The van der Waals surface area contributed by atoms with Crippen LogP contribution in [0.15, 0.2) is 54.9 Å². The Morgan fingerprint density at radius 2 is 2.08 bits per heavy atom. The molecule has 26 heavy (non-hydrogen) atoms. The standard InChI is InChI=1S/C17H12ClFN4O3/c18-15-7-12(19)6-5-11(15)9-22-10-13(8-20-22)21-17(24)14-3-1-2-4-16(14)23(25)26/h1-8,10H,9H2,(H,21,24). The lowest BCUT2D eigenvalue weighted by molar-refractivity contribution is -0.385. The number of hydrogen-bond donors (Lipinski definition) is 1. The molecule has 3 rings (SSSR count). The minimum atomic E-state index is -0.616. The van der Waals surface area contributed by atoms with Crippen LogP contribution in [0.25, 0.3) is 0 Å². The lowest BCUT2D eigenvalue weighted by atomic mass is 10.1. The Morgan fingerprint density at radius 3 is 2.81 bits per heavy atom. The molecule has 3 aromatic rings. The number of nitrogens with one attached hydrogen (secondary N) is 1. The molecule has 1 aromatic heterocycles. The van der Waals surface area contributed by atoms with E-state index in [-0.39, 0.29) is 22.8 Å². The first-order valence-corrected chi connectivity index (χ1v) is 7.83. The Hall–Kier alpha value is -3.26. The van der Waals surface area contributed by atoms with E-state index in [0.717, 1.165) is 0 Å². The number of anilines is 1. The quantitative estimate of drug-likeness (QED) is 0.542. The van der Waals surface area contributed by atoms with Crippen molar-refractivity contribution in [1.29, 1.82) is 0 Å². The maximum atomic E-state index is 13.1. The van der Waals surface area contributed by atoms with Gasteiger partial charge in [-0.2, -0.15) is 5.10 Å². The van der Waals surface area contributed by atoms with Crippen molar-refractivity contribution in [3.63, 3.8) is 0 Å². The second-order valence-corrected chi connectivity index (χ2v) is 5.80. The molecule has 0 aliphatic heterocycles. The Morgan fingerprint density at radius 1 is 1.31 bits per heavy atom. The maximum Gasteiger partial charge on any atom is 0.282 e. The number of benzene rings is 2. The molecule has 0 saturated heterocycles. The largest absolute Gasteiger partial charge is 0.319 e. The predicted molar refractivity (Wildman–Crippen MR) is 93.8 cm³/mol. The van der Waals surface area contributed by atoms with Crippen LogP contribution in [-0.4, -0.2) is 20.6 Å². The first kappa shape index (κ1) is 17.6. The zero-order chi connectivity index (χ0) is 18.7. The lowest BCUT2D eigenvalue weighted by Crippen LogP contribution is -2.13. The molecule has 0 aliphatic rings. The molecule has 0 saturated carbocycles. The molecule has 9 heteroatoms. The topological polar surface area (TPSA) is 90.1 Å². The van der Waals surface area contributed by atoms with Crippen molar-refractivity contribution in [1.82, 2.24) is 9.78 Å². The lowest BCUT2D eigenvalue weighted by Gasteiger charge is -2.05. The first-order valence-electron chi connectivity index (χ1n) is 7.45. The van der Waals surface area contributed by atoms with Crippen molar-refractivity contribution < 1.29 is 14.1 Å². The summed E-state index contributed by atoms with van der Waals surface area (Å²) in [6.45, 7) is 0.278. The number of carbonyl (C=O) groups excluding carboxylic acids is 1. The number of hydrogen-bond acceptors (Lipinski definition) is 4. The summed E-state index contributed by atoms with van der Waals surface area (Å²) in [5.41, 5.74) is 0.696. The molecule has 0 bridgehead atoms. The van der Waals surface area contributed by atoms with Crippen LogP contribution in [0.4, 0.5) is 15.8 Å². The van der Waals surface area contributed by atoms with Crippen molar-refractivity contribution in [2.45, 2.75) is 6.54 Å². The molecule has 0 aliphatic carbocycles. The number of para-hydroxylation sites is 1. The molecule has 0 atom stereocenters. The summed E-state index contributed by atoms with van der Waals surface area (Å²) >= 11 is 5.98. The van der Waals surface area contributed by atoms with Gasteiger partial charge in [0, 0.05) is 17.3 Å². The van der Waals surface area contributed by atoms with Crippen LogP contribution in [0.2, 0.25) is 5.02 Å². The molecule has 1 amide bonds. The van der Waals surface area contributed by atoms with E-state index in [9.17, 15) is 19.3 Å². The van der Waals surface area contributed by atoms with Gasteiger partial charge in [0.2, 0.25) is 0 Å². The normalized spacial score (nSPS) is 10.5. The van der Waals surface area contributed by atoms with Gasteiger partial charge in [-0.25, -0.2) is 4.39 Å². The highest BCUT2D eigenvalue weighted by Gasteiger charge is 2.19. The molecule has 0 spiro atoms. The fraction of sp³-hybridized carbons (Fsp3) is 0.0588. The summed E-state index contributed by atoms with van der Waals surface area (Å²) in [6, 6.07) is 9.71. The van der Waals surface area contributed by atoms with Crippen LogP contribution in [-0.2, 0) is 6.54 Å². The van der Waals surface area contributed by atoms with E-state index in [4.69, 9.17) is 11.6 Å². The van der Waals surface area contributed by atoms with Gasteiger partial charge in [0.05, 0.1) is 23.4 Å². The highest BCUT2D eigenvalue weighted by atomic mass is 35.5. The molecule has 132 valence electrons. The van der Waals surface area contributed by atoms with E-state index < -0.39 is 16.6 Å². The SMILES string of the molecule is O=C(Nc1cnn(Cc2ccc(F)cc2Cl)c1)c1ccccc1[N+](=O)[O-]. The summed E-state index contributed by atoms with van der Waals surface area (Å²) < 4.78 is 14.6. The predicted octanol–water partition coefficient (Wildman–Crippen LogP) is 3.88. The van der Waals surface area contributed by atoms with Gasteiger partial charge in [-0.05, 0) is 23.8 Å².